The zero-order valence-corrected chi connectivity index (χ0v) is 19.2. The first-order valence-electron chi connectivity index (χ1n) is 11.3. The van der Waals surface area contributed by atoms with Crippen molar-refractivity contribution in [2.24, 2.45) is 0 Å². The predicted molar refractivity (Wildman–Crippen MR) is 140 cm³/mol. The van der Waals surface area contributed by atoms with Gasteiger partial charge in [-0.15, -0.1) is 0 Å². The van der Waals surface area contributed by atoms with Crippen LogP contribution in [0.2, 0.25) is 0 Å². The number of nitro groups is 1. The van der Waals surface area contributed by atoms with Crippen LogP contribution < -0.4 is 0 Å². The van der Waals surface area contributed by atoms with Gasteiger partial charge in [-0.25, -0.2) is 9.97 Å². The van der Waals surface area contributed by atoms with Crippen molar-refractivity contribution in [1.29, 1.82) is 0 Å². The number of aromatic amines is 2. The third-order valence-electron chi connectivity index (χ3n) is 6.17. The topological polar surface area (TPSA) is 100 Å². The van der Waals surface area contributed by atoms with Gasteiger partial charge in [0.25, 0.3) is 5.69 Å². The van der Waals surface area contributed by atoms with E-state index < -0.39 is 0 Å². The molecule has 0 atom stereocenters. The van der Waals surface area contributed by atoms with Gasteiger partial charge >= 0.3 is 0 Å². The summed E-state index contributed by atoms with van der Waals surface area (Å²) in [5.41, 5.74) is 10.8. The molecule has 170 valence electrons. The molecule has 0 saturated heterocycles. The number of nitrogens with one attached hydrogen (secondary N) is 2. The highest BCUT2D eigenvalue weighted by atomic mass is 16.6. The molecule has 0 aliphatic carbocycles. The van der Waals surface area contributed by atoms with E-state index in [1.165, 1.54) is 0 Å². The second-order valence-electron chi connectivity index (χ2n) is 8.80. The fourth-order valence-corrected chi connectivity index (χ4v) is 4.70. The summed E-state index contributed by atoms with van der Waals surface area (Å²) < 4.78 is 0. The molecule has 8 bridgehead atoms. The Kier molecular flexibility index (Phi) is 4.70. The smallest absolute Gasteiger partial charge is 0.269 e. The van der Waals surface area contributed by atoms with Crippen molar-refractivity contribution < 1.29 is 4.92 Å². The highest BCUT2D eigenvalue weighted by molar-refractivity contribution is 5.90. The summed E-state index contributed by atoms with van der Waals surface area (Å²) in [6.07, 6.45) is 7.91. The number of H-pyrrole nitrogens is 2. The number of nitro benzene ring substituents is 1. The van der Waals surface area contributed by atoms with Gasteiger partial charge in [0.1, 0.15) is 0 Å². The number of benzene rings is 1. The summed E-state index contributed by atoms with van der Waals surface area (Å²) >= 11 is 0. The Morgan fingerprint density at radius 3 is 1.89 bits per heavy atom. The molecule has 3 aromatic heterocycles. The van der Waals surface area contributed by atoms with Crippen molar-refractivity contribution in [2.75, 3.05) is 0 Å². The van der Waals surface area contributed by atoms with Crippen molar-refractivity contribution in [3.63, 3.8) is 0 Å². The van der Waals surface area contributed by atoms with E-state index in [-0.39, 0.29) is 10.6 Å². The van der Waals surface area contributed by atoms with Gasteiger partial charge in [0.05, 0.1) is 27.7 Å². The van der Waals surface area contributed by atoms with Crippen molar-refractivity contribution in [3.05, 3.63) is 98.6 Å². The fraction of sp³-hybridized carbons (Fsp3) is 0.0714. The number of hydrogen-bond donors (Lipinski definition) is 2. The van der Waals surface area contributed by atoms with Gasteiger partial charge in [-0.1, -0.05) is 0 Å². The molecule has 7 heteroatoms. The molecule has 0 unspecified atom stereocenters. The SMILES string of the molecule is Cc1cc([N+](=O)[O-])cc(C)c1-c1cc2cc3ccc(cc4nc(cc5nc(cc1[nH]2)C=C5)C=C4)[nH]3. The summed E-state index contributed by atoms with van der Waals surface area (Å²) in [5.74, 6) is 0. The standard InChI is InChI=1S/C28H21N5O2/c1-16-9-25(33(34)35)10-17(2)28(16)26-14-24-13-22-6-5-20(30-22)11-18-3-4-19(29-18)12-21-7-8-23(31-21)15-27(26)32-24/h3-15,30,32H,1-2H3. The summed E-state index contributed by atoms with van der Waals surface area (Å²) in [6, 6.07) is 17.4. The Bertz CT molecular complexity index is 1730. The summed E-state index contributed by atoms with van der Waals surface area (Å²) in [5, 5.41) is 11.4. The van der Waals surface area contributed by atoms with Crippen LogP contribution in [0.1, 0.15) is 33.9 Å². The van der Waals surface area contributed by atoms with E-state index in [2.05, 4.69) is 21.0 Å². The minimum atomic E-state index is -0.351. The molecule has 4 aromatic rings. The molecule has 35 heavy (non-hydrogen) atoms. The van der Waals surface area contributed by atoms with Gasteiger partial charge in [-0.3, -0.25) is 10.1 Å². The first-order valence-corrected chi connectivity index (χ1v) is 11.3. The maximum Gasteiger partial charge on any atom is 0.269 e. The van der Waals surface area contributed by atoms with Crippen LogP contribution in [-0.2, 0) is 0 Å². The number of non-ortho nitro benzene ring substituents is 1. The van der Waals surface area contributed by atoms with E-state index in [9.17, 15) is 10.1 Å². The van der Waals surface area contributed by atoms with Gasteiger partial charge in [0.2, 0.25) is 0 Å². The zero-order chi connectivity index (χ0) is 24.1. The van der Waals surface area contributed by atoms with Gasteiger partial charge in [0, 0.05) is 39.8 Å². The second kappa shape index (κ2) is 7.92. The lowest BCUT2D eigenvalue weighted by Gasteiger charge is -2.09. The Morgan fingerprint density at radius 1 is 0.686 bits per heavy atom. The molecule has 2 aliphatic rings. The normalized spacial score (nSPS) is 12.3. The maximum absolute atomic E-state index is 11.4. The van der Waals surface area contributed by atoms with Gasteiger partial charge in [0.15, 0.2) is 0 Å². The molecular formula is C28H21N5O2. The average Bonchev–Trinajstić information content (AvgIpc) is 3.59. The van der Waals surface area contributed by atoms with Crippen LogP contribution >= 0.6 is 0 Å². The highest BCUT2D eigenvalue weighted by Crippen LogP contribution is 2.35. The van der Waals surface area contributed by atoms with Crippen LogP contribution in [-0.4, -0.2) is 24.9 Å². The molecule has 0 radical (unpaired) electrons. The van der Waals surface area contributed by atoms with E-state index in [4.69, 9.17) is 4.98 Å². The second-order valence-corrected chi connectivity index (χ2v) is 8.80. The predicted octanol–water partition coefficient (Wildman–Crippen LogP) is 6.85. The van der Waals surface area contributed by atoms with E-state index in [1.807, 2.05) is 74.5 Å². The molecular weight excluding hydrogens is 438 g/mol. The van der Waals surface area contributed by atoms with Crippen molar-refractivity contribution >= 4 is 52.1 Å². The van der Waals surface area contributed by atoms with Gasteiger partial charge in [-0.2, -0.15) is 0 Å². The van der Waals surface area contributed by atoms with Crippen molar-refractivity contribution in [1.82, 2.24) is 19.9 Å². The fourth-order valence-electron chi connectivity index (χ4n) is 4.70. The lowest BCUT2D eigenvalue weighted by Crippen LogP contribution is -1.93. The Labute approximate surface area is 200 Å². The minimum absolute atomic E-state index is 0.0966. The number of aromatic nitrogens is 4. The molecule has 5 heterocycles. The average molecular weight is 460 g/mol. The first-order chi connectivity index (χ1) is 16.9. The van der Waals surface area contributed by atoms with E-state index in [0.717, 1.165) is 67.1 Å². The molecule has 7 nitrogen and oxygen atoms in total. The highest BCUT2D eigenvalue weighted by Gasteiger charge is 2.16. The van der Waals surface area contributed by atoms with Crippen LogP contribution in [0.25, 0.3) is 57.5 Å². The van der Waals surface area contributed by atoms with Crippen molar-refractivity contribution in [2.45, 2.75) is 13.8 Å². The van der Waals surface area contributed by atoms with Crippen LogP contribution in [0, 0.1) is 24.0 Å². The first kappa shape index (κ1) is 20.8. The third kappa shape index (κ3) is 3.93. The molecule has 0 fully saturated rings. The molecule has 2 N–H and O–H groups in total. The van der Waals surface area contributed by atoms with Crippen molar-refractivity contribution in [3.8, 4) is 11.1 Å². The lowest BCUT2D eigenvalue weighted by atomic mass is 9.95. The Morgan fingerprint density at radius 2 is 1.26 bits per heavy atom. The van der Waals surface area contributed by atoms with E-state index in [0.29, 0.717) is 0 Å². The number of hydrogen-bond acceptors (Lipinski definition) is 4. The quantitative estimate of drug-likeness (QED) is 0.218. The summed E-state index contributed by atoms with van der Waals surface area (Å²) in [6.45, 7) is 3.82. The lowest BCUT2D eigenvalue weighted by molar-refractivity contribution is -0.384. The van der Waals surface area contributed by atoms with Crippen LogP contribution in [0.3, 0.4) is 0 Å². The van der Waals surface area contributed by atoms with E-state index in [1.54, 1.807) is 12.1 Å². The van der Waals surface area contributed by atoms with Crippen LogP contribution in [0.4, 0.5) is 5.69 Å². The summed E-state index contributed by atoms with van der Waals surface area (Å²) in [4.78, 5) is 27.4. The number of rotatable bonds is 2. The molecule has 0 saturated carbocycles. The Balaban J connectivity index is 1.67. The monoisotopic (exact) mass is 459 g/mol. The van der Waals surface area contributed by atoms with Crippen LogP contribution in [0.5, 0.6) is 0 Å². The van der Waals surface area contributed by atoms with Crippen LogP contribution in [0.15, 0.2) is 54.6 Å². The third-order valence-corrected chi connectivity index (χ3v) is 6.17. The number of nitrogens with zero attached hydrogens (tertiary/aromatic N) is 3. The molecule has 0 spiro atoms. The largest absolute Gasteiger partial charge is 0.355 e. The summed E-state index contributed by atoms with van der Waals surface area (Å²) in [7, 11) is 0. The number of aryl methyl sites for hydroxylation is 2. The van der Waals surface area contributed by atoms with E-state index >= 15 is 0 Å². The van der Waals surface area contributed by atoms with Gasteiger partial charge in [-0.05, 0) is 97.3 Å². The number of fused-ring (bicyclic) bond motifs is 8. The minimum Gasteiger partial charge on any atom is -0.355 e. The molecule has 6 rings (SSSR count). The molecule has 0 amide bonds. The molecule has 2 aliphatic heterocycles. The van der Waals surface area contributed by atoms with Gasteiger partial charge < -0.3 is 9.97 Å². The zero-order valence-electron chi connectivity index (χ0n) is 19.2. The Hall–Kier alpha value is -4.78. The maximum atomic E-state index is 11.4. The molecule has 1 aromatic carbocycles.